The molecule has 9 heavy (non-hydrogen) atoms. The third-order valence-electron chi connectivity index (χ3n) is 1.34. The predicted octanol–water partition coefficient (Wildman–Crippen LogP) is 0.549. The Morgan fingerprint density at radius 1 is 1.67 bits per heavy atom. The molecule has 0 aromatic rings. The molecule has 1 rings (SSSR count). The third kappa shape index (κ3) is 1.49. The summed E-state index contributed by atoms with van der Waals surface area (Å²) in [5.74, 6) is 0. The van der Waals surface area contributed by atoms with Gasteiger partial charge in [-0.2, -0.15) is 0 Å². The van der Waals surface area contributed by atoms with E-state index in [9.17, 15) is 0 Å². The normalized spacial score (nSPS) is 17.6. The number of nitrogens with one attached hydrogen (secondary N) is 1. The van der Waals surface area contributed by atoms with Crippen molar-refractivity contribution in [3.63, 3.8) is 0 Å². The van der Waals surface area contributed by atoms with E-state index in [4.69, 9.17) is 0 Å². The van der Waals surface area contributed by atoms with Crippen LogP contribution in [0, 0.1) is 0 Å². The molecule has 0 fully saturated rings. The molecule has 0 atom stereocenters. The van der Waals surface area contributed by atoms with Crippen molar-refractivity contribution >= 4 is 0 Å². The summed E-state index contributed by atoms with van der Waals surface area (Å²) in [6, 6.07) is 0. The minimum Gasteiger partial charge on any atom is -0.387 e. The van der Waals surface area contributed by atoms with Crippen molar-refractivity contribution in [2.24, 2.45) is 0 Å². The van der Waals surface area contributed by atoms with Crippen LogP contribution in [0.15, 0.2) is 24.0 Å². The Hall–Kier alpha value is -0.920. The minimum atomic E-state index is 1.02. The van der Waals surface area contributed by atoms with Gasteiger partial charge in [0.2, 0.25) is 0 Å². The van der Waals surface area contributed by atoms with Gasteiger partial charge in [-0.15, -0.1) is 0 Å². The lowest BCUT2D eigenvalue weighted by Gasteiger charge is -2.16. The highest BCUT2D eigenvalue weighted by Crippen LogP contribution is 2.00. The molecule has 50 valence electrons. The molecule has 0 spiro atoms. The number of hydrogen-bond acceptors (Lipinski definition) is 2. The zero-order valence-corrected chi connectivity index (χ0v) is 5.89. The molecule has 0 unspecified atom stereocenters. The van der Waals surface area contributed by atoms with Crippen molar-refractivity contribution in [3.8, 4) is 0 Å². The van der Waals surface area contributed by atoms with Gasteiger partial charge in [-0.05, 0) is 6.08 Å². The van der Waals surface area contributed by atoms with E-state index in [0.717, 1.165) is 6.54 Å². The quantitative estimate of drug-likeness (QED) is 0.549. The van der Waals surface area contributed by atoms with Crippen molar-refractivity contribution in [1.29, 1.82) is 0 Å². The summed E-state index contributed by atoms with van der Waals surface area (Å²) in [5.41, 5.74) is 1.17. The fourth-order valence-corrected chi connectivity index (χ4v) is 0.827. The summed E-state index contributed by atoms with van der Waals surface area (Å²) in [4.78, 5) is 2.13. The zero-order valence-electron chi connectivity index (χ0n) is 5.89. The molecular weight excluding hydrogens is 112 g/mol. The van der Waals surface area contributed by atoms with Gasteiger partial charge in [0.15, 0.2) is 0 Å². The smallest absolute Gasteiger partial charge is 0.0496 e. The van der Waals surface area contributed by atoms with Gasteiger partial charge in [-0.3, -0.25) is 0 Å². The Balaban J connectivity index is 2.59. The van der Waals surface area contributed by atoms with Gasteiger partial charge in [0.05, 0.1) is 0 Å². The maximum atomic E-state index is 3.07. The molecule has 0 aromatic heterocycles. The predicted molar refractivity (Wildman–Crippen MR) is 38.9 cm³/mol. The van der Waals surface area contributed by atoms with Gasteiger partial charge in [0.25, 0.3) is 0 Å². The van der Waals surface area contributed by atoms with Crippen molar-refractivity contribution in [1.82, 2.24) is 10.2 Å². The minimum absolute atomic E-state index is 1.02. The number of nitrogens with zero attached hydrogens (tertiary/aromatic N) is 1. The van der Waals surface area contributed by atoms with E-state index >= 15 is 0 Å². The monoisotopic (exact) mass is 124 g/mol. The molecule has 2 heteroatoms. The molecule has 1 aliphatic rings. The van der Waals surface area contributed by atoms with Gasteiger partial charge in [0, 0.05) is 32.5 Å². The first-order valence-corrected chi connectivity index (χ1v) is 3.09. The largest absolute Gasteiger partial charge is 0.387 e. The molecule has 1 heterocycles. The lowest BCUT2D eigenvalue weighted by Crippen LogP contribution is -2.18. The first kappa shape index (κ1) is 6.20. The Kier molecular flexibility index (Phi) is 1.78. The highest BCUT2D eigenvalue weighted by Gasteiger charge is 1.95. The molecule has 0 radical (unpaired) electrons. The molecule has 1 aliphatic heterocycles. The van der Waals surface area contributed by atoms with Crippen molar-refractivity contribution in [2.75, 3.05) is 20.6 Å². The summed E-state index contributed by atoms with van der Waals surface area (Å²) >= 11 is 0. The Bertz CT molecular complexity index is 147. The lowest BCUT2D eigenvalue weighted by molar-refractivity contribution is 0.496. The van der Waals surface area contributed by atoms with Crippen LogP contribution in [-0.2, 0) is 0 Å². The van der Waals surface area contributed by atoms with Crippen LogP contribution in [0.25, 0.3) is 0 Å². The topological polar surface area (TPSA) is 15.3 Å². The van der Waals surface area contributed by atoms with E-state index in [1.165, 1.54) is 5.70 Å². The fourth-order valence-electron chi connectivity index (χ4n) is 0.827. The van der Waals surface area contributed by atoms with Crippen LogP contribution in [-0.4, -0.2) is 25.5 Å². The molecule has 0 saturated heterocycles. The van der Waals surface area contributed by atoms with Crippen molar-refractivity contribution in [2.45, 2.75) is 0 Å². The Labute approximate surface area is 55.9 Å². The second-order valence-corrected chi connectivity index (χ2v) is 2.18. The van der Waals surface area contributed by atoms with Crippen LogP contribution in [0.5, 0.6) is 0 Å². The lowest BCUT2D eigenvalue weighted by atomic mass is 10.3. The molecule has 0 bridgehead atoms. The van der Waals surface area contributed by atoms with E-state index in [1.807, 2.05) is 7.05 Å². The molecule has 0 aromatic carbocycles. The van der Waals surface area contributed by atoms with Crippen LogP contribution < -0.4 is 5.32 Å². The zero-order chi connectivity index (χ0) is 6.69. The molecular formula is C7H12N2. The number of hydrogen-bond donors (Lipinski definition) is 1. The van der Waals surface area contributed by atoms with Crippen LogP contribution >= 0.6 is 0 Å². The highest BCUT2D eigenvalue weighted by molar-refractivity contribution is 5.19. The SMILES string of the molecule is CNC1=CN(C)CC=C1. The van der Waals surface area contributed by atoms with Crippen LogP contribution in [0.2, 0.25) is 0 Å². The highest BCUT2D eigenvalue weighted by atomic mass is 15.1. The first-order valence-electron chi connectivity index (χ1n) is 3.09. The van der Waals surface area contributed by atoms with E-state index in [-0.39, 0.29) is 0 Å². The van der Waals surface area contributed by atoms with Crippen LogP contribution in [0.1, 0.15) is 0 Å². The number of rotatable bonds is 1. The standard InChI is InChI=1S/C7H12N2/c1-8-7-4-3-5-9(2)6-7/h3-4,6,8H,5H2,1-2H3. The average Bonchev–Trinajstić information content (AvgIpc) is 1.88. The molecule has 0 aliphatic carbocycles. The maximum absolute atomic E-state index is 3.07. The summed E-state index contributed by atoms with van der Waals surface area (Å²) in [5, 5.41) is 3.07. The van der Waals surface area contributed by atoms with E-state index in [1.54, 1.807) is 0 Å². The summed E-state index contributed by atoms with van der Waals surface area (Å²) in [7, 11) is 3.98. The van der Waals surface area contributed by atoms with Gasteiger partial charge in [-0.25, -0.2) is 0 Å². The van der Waals surface area contributed by atoms with Crippen molar-refractivity contribution in [3.05, 3.63) is 24.0 Å². The van der Waals surface area contributed by atoms with E-state index < -0.39 is 0 Å². The van der Waals surface area contributed by atoms with E-state index in [2.05, 4.69) is 35.6 Å². The maximum Gasteiger partial charge on any atom is 0.0496 e. The first-order chi connectivity index (χ1) is 4.33. The molecule has 0 saturated carbocycles. The Morgan fingerprint density at radius 3 is 2.89 bits per heavy atom. The molecule has 1 N–H and O–H groups in total. The van der Waals surface area contributed by atoms with Gasteiger partial charge < -0.3 is 10.2 Å². The van der Waals surface area contributed by atoms with Crippen LogP contribution in [0.3, 0.4) is 0 Å². The van der Waals surface area contributed by atoms with Crippen molar-refractivity contribution < 1.29 is 0 Å². The molecule has 2 nitrogen and oxygen atoms in total. The van der Waals surface area contributed by atoms with Gasteiger partial charge in [0.1, 0.15) is 0 Å². The average molecular weight is 124 g/mol. The van der Waals surface area contributed by atoms with Gasteiger partial charge >= 0.3 is 0 Å². The fraction of sp³-hybridized carbons (Fsp3) is 0.429. The second kappa shape index (κ2) is 2.58. The Morgan fingerprint density at radius 2 is 2.44 bits per heavy atom. The number of likely N-dealkylation sites (N-methyl/N-ethyl adjacent to an activating group) is 2. The second-order valence-electron chi connectivity index (χ2n) is 2.18. The third-order valence-corrected chi connectivity index (χ3v) is 1.34. The van der Waals surface area contributed by atoms with E-state index in [0.29, 0.717) is 0 Å². The number of allylic oxidation sites excluding steroid dienone is 1. The summed E-state index contributed by atoms with van der Waals surface area (Å²) in [6.45, 7) is 1.02. The van der Waals surface area contributed by atoms with Gasteiger partial charge in [-0.1, -0.05) is 6.08 Å². The molecule has 0 amide bonds. The van der Waals surface area contributed by atoms with Crippen LogP contribution in [0.4, 0.5) is 0 Å². The summed E-state index contributed by atoms with van der Waals surface area (Å²) < 4.78 is 0. The summed E-state index contributed by atoms with van der Waals surface area (Å²) in [6.07, 6.45) is 6.30.